The molecule has 8 heteroatoms. The molecule has 1 aromatic heterocycles. The quantitative estimate of drug-likeness (QED) is 0.331. The highest BCUT2D eigenvalue weighted by molar-refractivity contribution is 6.46. The lowest BCUT2D eigenvalue weighted by Gasteiger charge is -2.25. The summed E-state index contributed by atoms with van der Waals surface area (Å²) < 4.78 is 10.5. The molecule has 1 amide bonds. The molecule has 0 saturated carbocycles. The minimum atomic E-state index is -0.843. The highest BCUT2D eigenvalue weighted by Gasteiger charge is 2.46. The number of ether oxygens (including phenoxy) is 2. The zero-order valence-corrected chi connectivity index (χ0v) is 18.7. The second-order valence-corrected chi connectivity index (χ2v) is 7.84. The van der Waals surface area contributed by atoms with Gasteiger partial charge >= 0.3 is 0 Å². The van der Waals surface area contributed by atoms with Crippen LogP contribution in [0.15, 0.2) is 72.6 Å². The average Bonchev–Trinajstić information content (AvgIpc) is 3.09. The number of amides is 1. The van der Waals surface area contributed by atoms with E-state index in [1.165, 1.54) is 18.1 Å². The van der Waals surface area contributed by atoms with Gasteiger partial charge in [-0.2, -0.15) is 0 Å². The summed E-state index contributed by atoms with van der Waals surface area (Å²) in [6, 6.07) is 14.5. The summed E-state index contributed by atoms with van der Waals surface area (Å²) in [6.45, 7) is 0.150. The molecule has 4 rings (SSSR count). The summed E-state index contributed by atoms with van der Waals surface area (Å²) in [5.74, 6) is -0.876. The summed E-state index contributed by atoms with van der Waals surface area (Å²) in [7, 11) is 3.01. The summed E-state index contributed by atoms with van der Waals surface area (Å²) in [6.07, 6.45) is 3.17. The van der Waals surface area contributed by atoms with E-state index in [-0.39, 0.29) is 23.4 Å². The second-order valence-electron chi connectivity index (χ2n) is 7.41. The SMILES string of the molecule is COc1ccc(CN2C(=O)C(=O)/C(=C(/O)c3cc(Cl)ccc3OC)C2c2cccnc2)cc1. The smallest absolute Gasteiger partial charge is 0.295 e. The fraction of sp³-hybridized carbons (Fsp3) is 0.160. The Morgan fingerprint density at radius 1 is 1.09 bits per heavy atom. The third kappa shape index (κ3) is 4.27. The van der Waals surface area contributed by atoms with E-state index in [0.717, 1.165) is 5.56 Å². The molecule has 2 heterocycles. The van der Waals surface area contributed by atoms with Gasteiger partial charge in [-0.1, -0.05) is 29.8 Å². The van der Waals surface area contributed by atoms with E-state index in [4.69, 9.17) is 21.1 Å². The van der Waals surface area contributed by atoms with Gasteiger partial charge in [0.1, 0.15) is 17.3 Å². The summed E-state index contributed by atoms with van der Waals surface area (Å²) in [4.78, 5) is 31.8. The summed E-state index contributed by atoms with van der Waals surface area (Å²) in [5, 5.41) is 11.6. The number of likely N-dealkylation sites (tertiary alicyclic amines) is 1. The fourth-order valence-corrected chi connectivity index (χ4v) is 4.04. The van der Waals surface area contributed by atoms with Crippen LogP contribution in [-0.2, 0) is 16.1 Å². The highest BCUT2D eigenvalue weighted by atomic mass is 35.5. The van der Waals surface area contributed by atoms with Crippen LogP contribution in [0.5, 0.6) is 11.5 Å². The van der Waals surface area contributed by atoms with E-state index >= 15 is 0 Å². The lowest BCUT2D eigenvalue weighted by molar-refractivity contribution is -0.140. The Morgan fingerprint density at radius 2 is 1.85 bits per heavy atom. The van der Waals surface area contributed by atoms with Crippen LogP contribution in [0.4, 0.5) is 0 Å². The van der Waals surface area contributed by atoms with Crippen LogP contribution in [0, 0.1) is 0 Å². The molecular formula is C25H21ClN2O5. The molecule has 0 aliphatic carbocycles. The van der Waals surface area contributed by atoms with Crippen LogP contribution in [0.3, 0.4) is 0 Å². The number of methoxy groups -OCH3 is 2. The average molecular weight is 465 g/mol. The lowest BCUT2D eigenvalue weighted by atomic mass is 9.96. The van der Waals surface area contributed by atoms with Crippen molar-refractivity contribution in [3.8, 4) is 11.5 Å². The van der Waals surface area contributed by atoms with E-state index in [1.807, 2.05) is 12.1 Å². The van der Waals surface area contributed by atoms with Crippen LogP contribution >= 0.6 is 11.6 Å². The number of carbonyl (C=O) groups is 2. The molecule has 1 fully saturated rings. The van der Waals surface area contributed by atoms with E-state index in [2.05, 4.69) is 4.98 Å². The predicted octanol–water partition coefficient (Wildman–Crippen LogP) is 4.37. The number of aliphatic hydroxyl groups excluding tert-OH is 1. The van der Waals surface area contributed by atoms with Crippen LogP contribution in [0.25, 0.3) is 5.76 Å². The maximum atomic E-state index is 13.2. The Morgan fingerprint density at radius 3 is 2.48 bits per heavy atom. The van der Waals surface area contributed by atoms with Crippen molar-refractivity contribution in [3.63, 3.8) is 0 Å². The topological polar surface area (TPSA) is 89.0 Å². The first-order valence-electron chi connectivity index (χ1n) is 10.1. The van der Waals surface area contributed by atoms with E-state index in [0.29, 0.717) is 22.1 Å². The molecule has 1 aliphatic rings. The third-order valence-corrected chi connectivity index (χ3v) is 5.70. The van der Waals surface area contributed by atoms with Crippen molar-refractivity contribution in [1.29, 1.82) is 0 Å². The lowest BCUT2D eigenvalue weighted by Crippen LogP contribution is -2.29. The van der Waals surface area contributed by atoms with Gasteiger partial charge in [-0.05, 0) is 47.5 Å². The Bertz CT molecular complexity index is 1230. The first kappa shape index (κ1) is 22.4. The second kappa shape index (κ2) is 9.34. The van der Waals surface area contributed by atoms with Gasteiger partial charge < -0.3 is 19.5 Å². The number of hydrogen-bond donors (Lipinski definition) is 1. The normalized spacial score (nSPS) is 17.3. The van der Waals surface area contributed by atoms with Crippen molar-refractivity contribution in [2.45, 2.75) is 12.6 Å². The molecule has 1 N–H and O–H groups in total. The molecule has 0 spiro atoms. The minimum absolute atomic E-state index is 0.0536. The number of Topliss-reactive ketones (excluding diaryl/α,β-unsaturated/α-hetero) is 1. The van der Waals surface area contributed by atoms with Crippen molar-refractivity contribution in [2.75, 3.05) is 14.2 Å². The van der Waals surface area contributed by atoms with E-state index in [1.54, 1.807) is 55.9 Å². The number of halogens is 1. The maximum Gasteiger partial charge on any atom is 0.295 e. The molecule has 168 valence electrons. The van der Waals surface area contributed by atoms with Crippen molar-refractivity contribution < 1.29 is 24.2 Å². The molecule has 1 aliphatic heterocycles. The number of benzene rings is 2. The fourth-order valence-electron chi connectivity index (χ4n) is 3.87. The molecule has 0 radical (unpaired) electrons. The molecule has 0 bridgehead atoms. The zero-order valence-electron chi connectivity index (χ0n) is 18.0. The first-order valence-corrected chi connectivity index (χ1v) is 10.5. The van der Waals surface area contributed by atoms with Gasteiger partial charge in [0.25, 0.3) is 11.7 Å². The monoisotopic (exact) mass is 464 g/mol. The van der Waals surface area contributed by atoms with E-state index < -0.39 is 17.7 Å². The van der Waals surface area contributed by atoms with Gasteiger partial charge in [-0.15, -0.1) is 0 Å². The van der Waals surface area contributed by atoms with Gasteiger partial charge in [0, 0.05) is 24.0 Å². The molecule has 3 aromatic rings. The third-order valence-electron chi connectivity index (χ3n) is 5.47. The molecule has 2 aromatic carbocycles. The van der Waals surface area contributed by atoms with Crippen LogP contribution in [-0.4, -0.2) is 40.9 Å². The molecule has 33 heavy (non-hydrogen) atoms. The van der Waals surface area contributed by atoms with Crippen LogP contribution < -0.4 is 9.47 Å². The molecule has 7 nitrogen and oxygen atoms in total. The number of ketones is 1. The molecular weight excluding hydrogens is 444 g/mol. The largest absolute Gasteiger partial charge is 0.507 e. The summed E-state index contributed by atoms with van der Waals surface area (Å²) in [5.41, 5.74) is 1.56. The molecule has 1 saturated heterocycles. The van der Waals surface area contributed by atoms with Crippen molar-refractivity contribution in [2.24, 2.45) is 0 Å². The van der Waals surface area contributed by atoms with Gasteiger partial charge in [-0.3, -0.25) is 14.6 Å². The number of rotatable bonds is 6. The van der Waals surface area contributed by atoms with E-state index in [9.17, 15) is 14.7 Å². The van der Waals surface area contributed by atoms with Crippen molar-refractivity contribution in [3.05, 3.63) is 94.3 Å². The minimum Gasteiger partial charge on any atom is -0.507 e. The molecule has 1 atom stereocenters. The summed E-state index contributed by atoms with van der Waals surface area (Å²) >= 11 is 6.13. The van der Waals surface area contributed by atoms with Crippen molar-refractivity contribution in [1.82, 2.24) is 9.88 Å². The molecule has 1 unspecified atom stereocenters. The first-order chi connectivity index (χ1) is 15.9. The van der Waals surface area contributed by atoms with Gasteiger partial charge in [-0.25, -0.2) is 0 Å². The Labute approximate surface area is 195 Å². The highest BCUT2D eigenvalue weighted by Crippen LogP contribution is 2.42. The maximum absolute atomic E-state index is 13.2. The van der Waals surface area contributed by atoms with Crippen LogP contribution in [0.2, 0.25) is 5.02 Å². The Balaban J connectivity index is 1.86. The number of aliphatic hydroxyl groups is 1. The zero-order chi connectivity index (χ0) is 23.5. The number of hydrogen-bond acceptors (Lipinski definition) is 6. The standard InChI is InChI=1S/C25H21ClN2O5/c1-32-18-8-5-15(6-9-18)14-28-22(16-4-3-11-27-13-16)21(24(30)25(28)31)23(29)19-12-17(26)7-10-20(19)33-2/h3-13,22,29H,14H2,1-2H3/b23-21+. The number of carbonyl (C=O) groups excluding carboxylic acids is 2. The van der Waals surface area contributed by atoms with Gasteiger partial charge in [0.15, 0.2) is 0 Å². The van der Waals surface area contributed by atoms with Gasteiger partial charge in [0.2, 0.25) is 0 Å². The number of nitrogens with zero attached hydrogens (tertiary/aromatic N) is 2. The van der Waals surface area contributed by atoms with Crippen LogP contribution in [0.1, 0.15) is 22.7 Å². The predicted molar refractivity (Wildman–Crippen MR) is 123 cm³/mol. The number of pyridine rings is 1. The van der Waals surface area contributed by atoms with Crippen molar-refractivity contribution >= 4 is 29.1 Å². The number of aromatic nitrogens is 1. The Kier molecular flexibility index (Phi) is 6.33. The van der Waals surface area contributed by atoms with Gasteiger partial charge in [0.05, 0.1) is 31.4 Å². The Hall–Kier alpha value is -3.84.